The molecule has 0 aliphatic heterocycles. The molecule has 0 spiro atoms. The molecule has 3 N–H and O–H groups in total. The summed E-state index contributed by atoms with van der Waals surface area (Å²) in [6.45, 7) is 8.24. The van der Waals surface area contributed by atoms with Gasteiger partial charge in [-0.15, -0.1) is 0 Å². The smallest absolute Gasteiger partial charge is 0.237 e. The Morgan fingerprint density at radius 1 is 1.50 bits per heavy atom. The highest BCUT2D eigenvalue weighted by Crippen LogP contribution is 2.37. The molecular formula is C11H22N2O. The van der Waals surface area contributed by atoms with Crippen LogP contribution in [0.5, 0.6) is 0 Å². The van der Waals surface area contributed by atoms with Crippen LogP contribution in [-0.2, 0) is 4.79 Å². The van der Waals surface area contributed by atoms with Gasteiger partial charge in [0.1, 0.15) is 0 Å². The molecule has 1 amide bonds. The molecule has 0 aromatic heterocycles. The fourth-order valence-corrected chi connectivity index (χ4v) is 2.14. The number of hydrogen-bond acceptors (Lipinski definition) is 2. The van der Waals surface area contributed by atoms with Gasteiger partial charge in [-0.05, 0) is 38.5 Å². The molecule has 1 aliphatic rings. The number of amides is 1. The summed E-state index contributed by atoms with van der Waals surface area (Å²) < 4.78 is 0. The molecule has 1 unspecified atom stereocenters. The highest BCUT2D eigenvalue weighted by atomic mass is 16.1. The summed E-state index contributed by atoms with van der Waals surface area (Å²) >= 11 is 0. The van der Waals surface area contributed by atoms with Crippen molar-refractivity contribution in [2.75, 3.05) is 0 Å². The average molecular weight is 198 g/mol. The van der Waals surface area contributed by atoms with Crippen molar-refractivity contribution >= 4 is 5.91 Å². The first-order valence-corrected chi connectivity index (χ1v) is 5.31. The van der Waals surface area contributed by atoms with Crippen LogP contribution in [0.15, 0.2) is 0 Å². The van der Waals surface area contributed by atoms with E-state index in [9.17, 15) is 4.79 Å². The summed E-state index contributed by atoms with van der Waals surface area (Å²) in [6.07, 6.45) is 3.49. The Hall–Kier alpha value is -0.570. The monoisotopic (exact) mass is 198 g/mol. The lowest BCUT2D eigenvalue weighted by Crippen LogP contribution is -2.54. The first kappa shape index (κ1) is 11.5. The molecule has 1 saturated carbocycles. The minimum atomic E-state index is -0.578. The molecule has 0 aromatic rings. The molecule has 0 saturated heterocycles. The fraction of sp³-hybridized carbons (Fsp3) is 0.909. The molecule has 0 aromatic carbocycles. The Morgan fingerprint density at radius 3 is 2.43 bits per heavy atom. The molecule has 82 valence electrons. The molecule has 3 nitrogen and oxygen atoms in total. The van der Waals surface area contributed by atoms with Crippen LogP contribution in [0.3, 0.4) is 0 Å². The van der Waals surface area contributed by atoms with Crippen molar-refractivity contribution in [2.45, 2.75) is 58.5 Å². The number of primary amides is 1. The zero-order valence-electron chi connectivity index (χ0n) is 9.68. The molecule has 0 radical (unpaired) electrons. The number of nitrogens with two attached hydrogens (primary N) is 1. The topological polar surface area (TPSA) is 55.1 Å². The maximum Gasteiger partial charge on any atom is 0.237 e. The van der Waals surface area contributed by atoms with Crippen molar-refractivity contribution in [2.24, 2.45) is 11.1 Å². The van der Waals surface area contributed by atoms with E-state index >= 15 is 0 Å². The molecule has 3 heteroatoms. The van der Waals surface area contributed by atoms with E-state index in [0.717, 1.165) is 12.8 Å². The van der Waals surface area contributed by atoms with Gasteiger partial charge in [0.05, 0.1) is 5.54 Å². The quantitative estimate of drug-likeness (QED) is 0.720. The predicted octanol–water partition coefficient (Wildman–Crippen LogP) is 1.42. The van der Waals surface area contributed by atoms with Crippen LogP contribution in [0.2, 0.25) is 0 Å². The standard InChI is InChI=1S/C11H22N2O/c1-10(2)6-5-8(7-10)13-11(3,4)9(12)14/h8,13H,5-7H2,1-4H3,(H2,12,14). The van der Waals surface area contributed by atoms with Gasteiger partial charge in [-0.25, -0.2) is 0 Å². The lowest BCUT2D eigenvalue weighted by molar-refractivity contribution is -0.123. The third kappa shape index (κ3) is 2.71. The molecule has 1 rings (SSSR count). The first-order chi connectivity index (χ1) is 6.23. The SMILES string of the molecule is CC1(C)CCC(NC(C)(C)C(N)=O)C1. The van der Waals surface area contributed by atoms with Crippen molar-refractivity contribution < 1.29 is 4.79 Å². The van der Waals surface area contributed by atoms with Gasteiger partial charge in [0.15, 0.2) is 0 Å². The molecule has 1 aliphatic carbocycles. The number of rotatable bonds is 3. The van der Waals surface area contributed by atoms with Crippen LogP contribution in [0.1, 0.15) is 47.0 Å². The lowest BCUT2D eigenvalue weighted by Gasteiger charge is -2.27. The highest BCUT2D eigenvalue weighted by molar-refractivity contribution is 5.83. The van der Waals surface area contributed by atoms with Gasteiger partial charge in [0, 0.05) is 6.04 Å². The fourth-order valence-electron chi connectivity index (χ4n) is 2.14. The van der Waals surface area contributed by atoms with E-state index in [0.29, 0.717) is 11.5 Å². The van der Waals surface area contributed by atoms with Crippen LogP contribution in [-0.4, -0.2) is 17.5 Å². The Bertz CT molecular complexity index is 233. The number of carbonyl (C=O) groups excluding carboxylic acids is 1. The molecule has 0 heterocycles. The predicted molar refractivity (Wildman–Crippen MR) is 57.8 cm³/mol. The summed E-state index contributed by atoms with van der Waals surface area (Å²) in [4.78, 5) is 11.1. The van der Waals surface area contributed by atoms with Gasteiger partial charge in [-0.2, -0.15) is 0 Å². The van der Waals surface area contributed by atoms with Crippen molar-refractivity contribution in [3.8, 4) is 0 Å². The van der Waals surface area contributed by atoms with Gasteiger partial charge in [0.2, 0.25) is 5.91 Å². The van der Waals surface area contributed by atoms with Gasteiger partial charge in [-0.1, -0.05) is 13.8 Å². The normalized spacial score (nSPS) is 26.4. The Kier molecular flexibility index (Phi) is 2.91. The second-order valence-corrected chi connectivity index (χ2v) is 5.74. The average Bonchev–Trinajstić information content (AvgIpc) is 2.28. The first-order valence-electron chi connectivity index (χ1n) is 5.31. The zero-order valence-corrected chi connectivity index (χ0v) is 9.68. The highest BCUT2D eigenvalue weighted by Gasteiger charge is 2.35. The van der Waals surface area contributed by atoms with E-state index in [4.69, 9.17) is 5.73 Å². The maximum atomic E-state index is 11.1. The number of carbonyl (C=O) groups is 1. The summed E-state index contributed by atoms with van der Waals surface area (Å²) in [5, 5.41) is 3.34. The second kappa shape index (κ2) is 3.54. The van der Waals surface area contributed by atoms with Gasteiger partial charge >= 0.3 is 0 Å². The van der Waals surface area contributed by atoms with E-state index in [1.54, 1.807) is 0 Å². The molecular weight excluding hydrogens is 176 g/mol. The molecule has 14 heavy (non-hydrogen) atoms. The van der Waals surface area contributed by atoms with E-state index < -0.39 is 5.54 Å². The van der Waals surface area contributed by atoms with E-state index in [-0.39, 0.29) is 5.91 Å². The van der Waals surface area contributed by atoms with Gasteiger partial charge in [0.25, 0.3) is 0 Å². The van der Waals surface area contributed by atoms with Crippen molar-refractivity contribution in [1.29, 1.82) is 0 Å². The van der Waals surface area contributed by atoms with E-state index in [2.05, 4.69) is 19.2 Å². The maximum absolute atomic E-state index is 11.1. The lowest BCUT2D eigenvalue weighted by atomic mass is 9.91. The third-order valence-electron chi connectivity index (χ3n) is 3.15. The zero-order chi connectivity index (χ0) is 11.0. The molecule has 0 bridgehead atoms. The number of hydrogen-bond donors (Lipinski definition) is 2. The molecule has 1 atom stereocenters. The van der Waals surface area contributed by atoms with Crippen molar-refractivity contribution in [3.05, 3.63) is 0 Å². The van der Waals surface area contributed by atoms with Crippen LogP contribution in [0.25, 0.3) is 0 Å². The molecule has 1 fully saturated rings. The summed E-state index contributed by atoms with van der Waals surface area (Å²) in [7, 11) is 0. The Labute approximate surface area is 86.4 Å². The van der Waals surface area contributed by atoms with E-state index in [1.165, 1.54) is 6.42 Å². The van der Waals surface area contributed by atoms with Crippen LogP contribution in [0, 0.1) is 5.41 Å². The summed E-state index contributed by atoms with van der Waals surface area (Å²) in [5.41, 5.74) is 5.14. The second-order valence-electron chi connectivity index (χ2n) is 5.74. The third-order valence-corrected chi connectivity index (χ3v) is 3.15. The van der Waals surface area contributed by atoms with Crippen LogP contribution < -0.4 is 11.1 Å². The summed E-state index contributed by atoms with van der Waals surface area (Å²) in [6, 6.07) is 0.437. The van der Waals surface area contributed by atoms with E-state index in [1.807, 2.05) is 13.8 Å². The van der Waals surface area contributed by atoms with Crippen LogP contribution >= 0.6 is 0 Å². The van der Waals surface area contributed by atoms with Gasteiger partial charge < -0.3 is 11.1 Å². The van der Waals surface area contributed by atoms with Crippen molar-refractivity contribution in [1.82, 2.24) is 5.32 Å². The van der Waals surface area contributed by atoms with Crippen molar-refractivity contribution in [3.63, 3.8) is 0 Å². The van der Waals surface area contributed by atoms with Gasteiger partial charge in [-0.3, -0.25) is 4.79 Å². The Morgan fingerprint density at radius 2 is 2.07 bits per heavy atom. The number of nitrogens with one attached hydrogen (secondary N) is 1. The summed E-state index contributed by atoms with van der Waals surface area (Å²) in [5.74, 6) is -0.276. The minimum absolute atomic E-state index is 0.276. The minimum Gasteiger partial charge on any atom is -0.368 e. The van der Waals surface area contributed by atoms with Crippen LogP contribution in [0.4, 0.5) is 0 Å². The largest absolute Gasteiger partial charge is 0.368 e. The Balaban J connectivity index is 2.51.